The third kappa shape index (κ3) is 6.47. The first-order chi connectivity index (χ1) is 10.6. The van der Waals surface area contributed by atoms with Crippen LogP contribution in [0, 0.1) is 6.92 Å². The summed E-state index contributed by atoms with van der Waals surface area (Å²) in [5, 5.41) is 15.7. The predicted octanol–water partition coefficient (Wildman–Crippen LogP) is 3.51. The maximum absolute atomic E-state index is 8.66. The van der Waals surface area contributed by atoms with Gasteiger partial charge < -0.3 is 14.7 Å². The van der Waals surface area contributed by atoms with Gasteiger partial charge in [0.1, 0.15) is 0 Å². The topological polar surface area (TPSA) is 40.5 Å². The fraction of sp³-hybridized carbons (Fsp3) is 0.684. The predicted molar refractivity (Wildman–Crippen MR) is 94.8 cm³/mol. The van der Waals surface area contributed by atoms with E-state index in [0.717, 1.165) is 18.7 Å². The third-order valence-electron chi connectivity index (χ3n) is 4.56. The summed E-state index contributed by atoms with van der Waals surface area (Å²) < 4.78 is 1.42. The van der Waals surface area contributed by atoms with Crippen molar-refractivity contribution in [1.29, 1.82) is 0 Å². The number of fused-ring (bicyclic) bond motifs is 1. The zero-order valence-electron chi connectivity index (χ0n) is 15.2. The smallest absolute Gasteiger partial charge is 0.0892 e. The van der Waals surface area contributed by atoms with Gasteiger partial charge in [-0.15, -0.1) is 0 Å². The van der Waals surface area contributed by atoms with Crippen molar-refractivity contribution >= 4 is 0 Å². The van der Waals surface area contributed by atoms with Gasteiger partial charge in [-0.2, -0.15) is 0 Å². The van der Waals surface area contributed by atoms with E-state index in [0.29, 0.717) is 0 Å². The summed E-state index contributed by atoms with van der Waals surface area (Å²) in [4.78, 5) is 0. The SMILES string of the molecule is CC.CO.C[N+]12CCCC1CCC2.Cc1cccc(CO)c1. The van der Waals surface area contributed by atoms with Crippen molar-refractivity contribution in [3.8, 4) is 0 Å². The van der Waals surface area contributed by atoms with Crippen molar-refractivity contribution in [2.45, 2.75) is 59.1 Å². The Hall–Kier alpha value is -0.900. The summed E-state index contributed by atoms with van der Waals surface area (Å²) in [7, 11) is 3.44. The zero-order valence-corrected chi connectivity index (χ0v) is 15.2. The summed E-state index contributed by atoms with van der Waals surface area (Å²) in [5.74, 6) is 0. The molecule has 2 heterocycles. The van der Waals surface area contributed by atoms with Crippen molar-refractivity contribution in [2.75, 3.05) is 27.2 Å². The molecule has 2 N–H and O–H groups in total. The molecule has 3 heteroatoms. The summed E-state index contributed by atoms with van der Waals surface area (Å²) in [6, 6.07) is 8.90. The largest absolute Gasteiger partial charge is 0.400 e. The van der Waals surface area contributed by atoms with Crippen molar-refractivity contribution in [2.24, 2.45) is 0 Å². The Kier molecular flexibility index (Phi) is 11.2. The molecule has 1 aromatic rings. The molecule has 0 radical (unpaired) electrons. The molecule has 0 atom stereocenters. The van der Waals surface area contributed by atoms with Gasteiger partial charge in [0.2, 0.25) is 0 Å². The minimum atomic E-state index is 0.141. The lowest BCUT2D eigenvalue weighted by Crippen LogP contribution is -2.42. The summed E-state index contributed by atoms with van der Waals surface area (Å²) in [5.41, 5.74) is 2.18. The molecule has 22 heavy (non-hydrogen) atoms. The number of aliphatic hydroxyl groups is 2. The monoisotopic (exact) mass is 310 g/mol. The Morgan fingerprint density at radius 2 is 1.64 bits per heavy atom. The van der Waals surface area contributed by atoms with Crippen LogP contribution < -0.4 is 0 Å². The second-order valence-electron chi connectivity index (χ2n) is 6.01. The van der Waals surface area contributed by atoms with Crippen LogP contribution in [-0.4, -0.2) is 48.0 Å². The van der Waals surface area contributed by atoms with Crippen molar-refractivity contribution in [1.82, 2.24) is 0 Å². The number of hydrogen-bond acceptors (Lipinski definition) is 2. The Balaban J connectivity index is 0.000000328. The molecule has 0 bridgehead atoms. The van der Waals surface area contributed by atoms with Crippen molar-refractivity contribution in [3.63, 3.8) is 0 Å². The molecular weight excluding hydrogens is 274 g/mol. The molecule has 0 amide bonds. The van der Waals surface area contributed by atoms with Crippen LogP contribution in [-0.2, 0) is 6.61 Å². The maximum atomic E-state index is 8.66. The van der Waals surface area contributed by atoms with Gasteiger partial charge in [0.15, 0.2) is 0 Å². The first-order valence-corrected chi connectivity index (χ1v) is 8.59. The van der Waals surface area contributed by atoms with Gasteiger partial charge in [-0.25, -0.2) is 0 Å². The minimum Gasteiger partial charge on any atom is -0.400 e. The van der Waals surface area contributed by atoms with Crippen LogP contribution in [0.15, 0.2) is 24.3 Å². The van der Waals surface area contributed by atoms with Gasteiger partial charge in [-0.1, -0.05) is 43.7 Å². The van der Waals surface area contributed by atoms with Gasteiger partial charge in [0.05, 0.1) is 32.8 Å². The molecule has 0 saturated carbocycles. The second-order valence-corrected chi connectivity index (χ2v) is 6.01. The maximum Gasteiger partial charge on any atom is 0.0892 e. The highest BCUT2D eigenvalue weighted by molar-refractivity contribution is 5.21. The summed E-state index contributed by atoms with van der Waals surface area (Å²) in [6.07, 6.45) is 6.00. The highest BCUT2D eigenvalue weighted by Crippen LogP contribution is 2.33. The van der Waals surface area contributed by atoms with Crippen LogP contribution in [0.3, 0.4) is 0 Å². The van der Waals surface area contributed by atoms with Gasteiger partial charge in [-0.05, 0) is 12.5 Å². The first-order valence-electron chi connectivity index (χ1n) is 8.59. The Morgan fingerprint density at radius 3 is 2.00 bits per heavy atom. The quantitative estimate of drug-likeness (QED) is 0.779. The van der Waals surface area contributed by atoms with Gasteiger partial charge in [-0.3, -0.25) is 0 Å². The van der Waals surface area contributed by atoms with Crippen LogP contribution in [0.1, 0.15) is 50.7 Å². The molecule has 2 aliphatic heterocycles. The average molecular weight is 311 g/mol. The second kappa shape index (κ2) is 11.6. The van der Waals surface area contributed by atoms with E-state index >= 15 is 0 Å². The van der Waals surface area contributed by atoms with E-state index in [9.17, 15) is 0 Å². The number of nitrogens with zero attached hydrogens (tertiary/aromatic N) is 1. The Bertz CT molecular complexity index is 383. The van der Waals surface area contributed by atoms with E-state index in [-0.39, 0.29) is 6.61 Å². The highest BCUT2D eigenvalue weighted by atomic mass is 16.3. The molecule has 0 aromatic heterocycles. The number of quaternary nitrogens is 1. The van der Waals surface area contributed by atoms with Crippen molar-refractivity contribution < 1.29 is 14.7 Å². The molecule has 128 valence electrons. The van der Waals surface area contributed by atoms with Gasteiger partial charge in [0.25, 0.3) is 0 Å². The number of aryl methyl sites for hydroxylation is 1. The van der Waals surface area contributed by atoms with Gasteiger partial charge >= 0.3 is 0 Å². The summed E-state index contributed by atoms with van der Waals surface area (Å²) in [6.45, 7) is 9.08. The molecule has 0 aliphatic carbocycles. The zero-order chi connectivity index (χ0) is 17.0. The average Bonchev–Trinajstić information content (AvgIpc) is 3.09. The van der Waals surface area contributed by atoms with E-state index in [4.69, 9.17) is 10.2 Å². The number of benzene rings is 1. The number of rotatable bonds is 1. The van der Waals surface area contributed by atoms with Crippen molar-refractivity contribution in [3.05, 3.63) is 35.4 Å². The molecule has 3 rings (SSSR count). The lowest BCUT2D eigenvalue weighted by Gasteiger charge is -2.29. The number of hydrogen-bond donors (Lipinski definition) is 2. The Labute approximate surface area is 137 Å². The van der Waals surface area contributed by atoms with E-state index < -0.39 is 0 Å². The molecule has 2 fully saturated rings. The van der Waals surface area contributed by atoms with Crippen LogP contribution >= 0.6 is 0 Å². The first kappa shape index (κ1) is 21.1. The van der Waals surface area contributed by atoms with Crippen LogP contribution in [0.4, 0.5) is 0 Å². The van der Waals surface area contributed by atoms with Gasteiger partial charge in [0, 0.05) is 32.8 Å². The fourth-order valence-electron chi connectivity index (χ4n) is 3.43. The molecular formula is C19H36NO2+. The molecule has 2 saturated heterocycles. The normalized spacial score (nSPS) is 24.8. The minimum absolute atomic E-state index is 0.141. The molecule has 0 unspecified atom stereocenters. The fourth-order valence-corrected chi connectivity index (χ4v) is 3.43. The lowest BCUT2D eigenvalue weighted by molar-refractivity contribution is -0.908. The standard InChI is InChI=1S/C8H16N.C8H10O.C2H6.CH4O/c1-9-6-2-4-8(9)5-3-7-9;1-7-3-2-4-8(5-7)6-9;2*1-2/h8H,2-7H2,1H3;2-5,9H,6H2,1H3;1-2H3;2H,1H3/q+1;;;. The lowest BCUT2D eigenvalue weighted by atomic mass is 10.1. The summed E-state index contributed by atoms with van der Waals surface area (Å²) >= 11 is 0. The molecule has 3 nitrogen and oxygen atoms in total. The van der Waals surface area contributed by atoms with Crippen LogP contribution in [0.25, 0.3) is 0 Å². The third-order valence-corrected chi connectivity index (χ3v) is 4.56. The highest BCUT2D eigenvalue weighted by Gasteiger charge is 2.41. The number of aliphatic hydroxyl groups excluding tert-OH is 2. The molecule has 1 aromatic carbocycles. The molecule has 2 aliphatic rings. The van der Waals surface area contributed by atoms with Crippen LogP contribution in [0.2, 0.25) is 0 Å². The van der Waals surface area contributed by atoms with Crippen LogP contribution in [0.5, 0.6) is 0 Å². The van der Waals surface area contributed by atoms with E-state index in [2.05, 4.69) is 7.05 Å². The Morgan fingerprint density at radius 1 is 1.09 bits per heavy atom. The van der Waals surface area contributed by atoms with E-state index in [1.807, 2.05) is 45.0 Å². The van der Waals surface area contributed by atoms with E-state index in [1.165, 1.54) is 48.8 Å². The van der Waals surface area contributed by atoms with E-state index in [1.54, 1.807) is 0 Å². The molecule has 0 spiro atoms.